The van der Waals surface area contributed by atoms with Crippen molar-refractivity contribution in [3.63, 3.8) is 0 Å². The molecule has 9 heteroatoms. The number of rotatable bonds is 9. The van der Waals surface area contributed by atoms with Crippen molar-refractivity contribution in [2.75, 3.05) is 11.4 Å². The van der Waals surface area contributed by atoms with Crippen LogP contribution in [0.4, 0.5) is 10.1 Å². The summed E-state index contributed by atoms with van der Waals surface area (Å²) in [6, 6.07) is 18.3. The van der Waals surface area contributed by atoms with Gasteiger partial charge >= 0.3 is 0 Å². The summed E-state index contributed by atoms with van der Waals surface area (Å²) < 4.78 is 20.3. The van der Waals surface area contributed by atoms with E-state index in [0.717, 1.165) is 10.5 Å². The second-order valence-corrected chi connectivity index (χ2v) is 8.93. The van der Waals surface area contributed by atoms with Gasteiger partial charge in [0.15, 0.2) is 0 Å². The Bertz CT molecular complexity index is 1320. The third-order valence-electron chi connectivity index (χ3n) is 5.44. The van der Waals surface area contributed by atoms with Crippen molar-refractivity contribution in [2.24, 2.45) is 0 Å². The number of furan rings is 1. The highest BCUT2D eigenvalue weighted by Crippen LogP contribution is 2.30. The van der Waals surface area contributed by atoms with E-state index in [0.29, 0.717) is 16.2 Å². The van der Waals surface area contributed by atoms with Crippen molar-refractivity contribution in [3.05, 3.63) is 112 Å². The van der Waals surface area contributed by atoms with Gasteiger partial charge in [-0.05, 0) is 48.2 Å². The number of hydrogen-bond acceptors (Lipinski definition) is 5. The molecule has 0 saturated carbocycles. The number of hydrogen-bond donors (Lipinski definition) is 2. The Hall–Kier alpha value is -4.24. The minimum absolute atomic E-state index is 0.0772. The standard InChI is InChI=1S/C27H24FN3O4S/c1-18-10-12-19(13-11-18)25(27(34)29-16-20-6-4-14-35-20)31(22-8-3-2-7-21(22)28)24(32)17-30-26(33)23-9-5-15-36-23/h2-15,25H,16-17H2,1H3,(H,29,34)(H,30,33)/t25-/m0/s1. The second-order valence-electron chi connectivity index (χ2n) is 7.99. The number of para-hydroxylation sites is 1. The molecule has 4 aromatic rings. The minimum atomic E-state index is -1.20. The average Bonchev–Trinajstić information content (AvgIpc) is 3.60. The number of anilines is 1. The van der Waals surface area contributed by atoms with Gasteiger partial charge in [-0.1, -0.05) is 48.0 Å². The first-order valence-electron chi connectivity index (χ1n) is 11.2. The molecule has 0 aliphatic carbocycles. The summed E-state index contributed by atoms with van der Waals surface area (Å²) >= 11 is 1.23. The van der Waals surface area contributed by atoms with Crippen molar-refractivity contribution in [3.8, 4) is 0 Å². The lowest BCUT2D eigenvalue weighted by Crippen LogP contribution is -2.47. The molecular formula is C27H24FN3O4S. The van der Waals surface area contributed by atoms with Crippen LogP contribution in [0.15, 0.2) is 88.9 Å². The monoisotopic (exact) mass is 505 g/mol. The molecule has 36 heavy (non-hydrogen) atoms. The Morgan fingerprint density at radius 1 is 0.972 bits per heavy atom. The summed E-state index contributed by atoms with van der Waals surface area (Å²) in [5.74, 6) is -1.76. The number of halogens is 1. The van der Waals surface area contributed by atoms with Crippen LogP contribution in [0.5, 0.6) is 0 Å². The fourth-order valence-corrected chi connectivity index (χ4v) is 4.29. The summed E-state index contributed by atoms with van der Waals surface area (Å²) in [5.41, 5.74) is 1.37. The zero-order valence-corrected chi connectivity index (χ0v) is 20.3. The zero-order chi connectivity index (χ0) is 25.5. The van der Waals surface area contributed by atoms with Gasteiger partial charge in [-0.3, -0.25) is 19.3 Å². The SMILES string of the molecule is Cc1ccc([C@@H](C(=O)NCc2ccco2)N(C(=O)CNC(=O)c2cccs2)c2ccccc2F)cc1. The van der Waals surface area contributed by atoms with Crippen molar-refractivity contribution in [2.45, 2.75) is 19.5 Å². The van der Waals surface area contributed by atoms with Crippen molar-refractivity contribution < 1.29 is 23.2 Å². The van der Waals surface area contributed by atoms with Crippen LogP contribution in [-0.2, 0) is 16.1 Å². The smallest absolute Gasteiger partial charge is 0.261 e. The van der Waals surface area contributed by atoms with Crippen LogP contribution >= 0.6 is 11.3 Å². The molecule has 2 aromatic heterocycles. The van der Waals surface area contributed by atoms with Crippen LogP contribution in [0.1, 0.15) is 32.6 Å². The normalized spacial score (nSPS) is 11.5. The van der Waals surface area contributed by atoms with Gasteiger partial charge in [0, 0.05) is 0 Å². The topological polar surface area (TPSA) is 91.7 Å². The summed E-state index contributed by atoms with van der Waals surface area (Å²) in [7, 11) is 0. The Balaban J connectivity index is 1.68. The minimum Gasteiger partial charge on any atom is -0.467 e. The van der Waals surface area contributed by atoms with Gasteiger partial charge in [-0.2, -0.15) is 0 Å². The van der Waals surface area contributed by atoms with Crippen LogP contribution in [0, 0.1) is 12.7 Å². The summed E-state index contributed by atoms with van der Waals surface area (Å²) in [6.45, 7) is 1.55. The molecule has 2 N–H and O–H groups in total. The highest BCUT2D eigenvalue weighted by molar-refractivity contribution is 7.12. The van der Waals surface area contributed by atoms with E-state index in [1.165, 1.54) is 35.8 Å². The highest BCUT2D eigenvalue weighted by Gasteiger charge is 2.34. The number of carbonyl (C=O) groups excluding carboxylic acids is 3. The molecule has 7 nitrogen and oxygen atoms in total. The van der Waals surface area contributed by atoms with E-state index in [-0.39, 0.29) is 12.2 Å². The van der Waals surface area contributed by atoms with Gasteiger partial charge in [-0.25, -0.2) is 4.39 Å². The molecule has 0 fully saturated rings. The number of aryl methyl sites for hydroxylation is 1. The molecule has 0 bridgehead atoms. The van der Waals surface area contributed by atoms with Gasteiger partial charge in [-0.15, -0.1) is 11.3 Å². The molecule has 0 spiro atoms. The lowest BCUT2D eigenvalue weighted by atomic mass is 10.0. The van der Waals surface area contributed by atoms with Crippen molar-refractivity contribution >= 4 is 34.7 Å². The Morgan fingerprint density at radius 2 is 1.75 bits per heavy atom. The summed E-state index contributed by atoms with van der Waals surface area (Å²) in [4.78, 5) is 41.0. The van der Waals surface area contributed by atoms with E-state index < -0.39 is 36.1 Å². The molecule has 2 heterocycles. The number of thiophene rings is 1. The first-order chi connectivity index (χ1) is 17.4. The molecule has 0 aliphatic rings. The van der Waals surface area contributed by atoms with E-state index in [4.69, 9.17) is 4.42 Å². The van der Waals surface area contributed by atoms with E-state index in [1.54, 1.807) is 47.8 Å². The van der Waals surface area contributed by atoms with Gasteiger partial charge in [0.1, 0.15) is 17.6 Å². The molecule has 0 aliphatic heterocycles. The molecule has 2 aromatic carbocycles. The van der Waals surface area contributed by atoms with Crippen LogP contribution < -0.4 is 15.5 Å². The fourth-order valence-electron chi connectivity index (χ4n) is 3.65. The third kappa shape index (κ3) is 5.87. The quantitative estimate of drug-likeness (QED) is 0.348. The lowest BCUT2D eigenvalue weighted by Gasteiger charge is -2.32. The maximum Gasteiger partial charge on any atom is 0.261 e. The predicted octanol–water partition coefficient (Wildman–Crippen LogP) is 4.61. The first kappa shape index (κ1) is 24.9. The molecule has 1 atom stereocenters. The number of amides is 3. The average molecular weight is 506 g/mol. The van der Waals surface area contributed by atoms with E-state index in [2.05, 4.69) is 10.6 Å². The second kappa shape index (κ2) is 11.5. The molecule has 0 saturated heterocycles. The number of nitrogens with one attached hydrogen (secondary N) is 2. The maximum absolute atomic E-state index is 15.0. The van der Waals surface area contributed by atoms with E-state index in [1.807, 2.05) is 19.1 Å². The molecule has 0 unspecified atom stereocenters. The van der Waals surface area contributed by atoms with E-state index >= 15 is 4.39 Å². The Kier molecular flexibility index (Phi) is 7.92. The van der Waals surface area contributed by atoms with Crippen LogP contribution in [0.2, 0.25) is 0 Å². The fraction of sp³-hybridized carbons (Fsp3) is 0.148. The maximum atomic E-state index is 15.0. The molecule has 4 rings (SSSR count). The van der Waals surface area contributed by atoms with Crippen molar-refractivity contribution in [1.82, 2.24) is 10.6 Å². The molecular weight excluding hydrogens is 481 g/mol. The lowest BCUT2D eigenvalue weighted by molar-refractivity contribution is -0.126. The first-order valence-corrected chi connectivity index (χ1v) is 12.1. The largest absolute Gasteiger partial charge is 0.467 e. The van der Waals surface area contributed by atoms with Crippen molar-refractivity contribution in [1.29, 1.82) is 0 Å². The molecule has 0 radical (unpaired) electrons. The summed E-state index contributed by atoms with van der Waals surface area (Å²) in [5, 5.41) is 7.10. The summed E-state index contributed by atoms with van der Waals surface area (Å²) in [6.07, 6.45) is 1.49. The zero-order valence-electron chi connectivity index (χ0n) is 19.4. The van der Waals surface area contributed by atoms with Crippen LogP contribution in [-0.4, -0.2) is 24.3 Å². The number of carbonyl (C=O) groups is 3. The van der Waals surface area contributed by atoms with Gasteiger partial charge < -0.3 is 15.1 Å². The van der Waals surface area contributed by atoms with Crippen LogP contribution in [0.25, 0.3) is 0 Å². The predicted molar refractivity (Wildman–Crippen MR) is 135 cm³/mol. The van der Waals surface area contributed by atoms with Gasteiger partial charge in [0.25, 0.3) is 5.91 Å². The number of benzene rings is 2. The van der Waals surface area contributed by atoms with Gasteiger partial charge in [0.2, 0.25) is 11.8 Å². The Labute approximate surface area is 211 Å². The third-order valence-corrected chi connectivity index (χ3v) is 6.31. The molecule has 3 amide bonds. The number of nitrogens with zero attached hydrogens (tertiary/aromatic N) is 1. The Morgan fingerprint density at radius 3 is 2.42 bits per heavy atom. The van der Waals surface area contributed by atoms with E-state index in [9.17, 15) is 14.4 Å². The highest BCUT2D eigenvalue weighted by atomic mass is 32.1. The van der Waals surface area contributed by atoms with Crippen LogP contribution in [0.3, 0.4) is 0 Å². The molecule has 184 valence electrons. The van der Waals surface area contributed by atoms with Gasteiger partial charge in [0.05, 0.1) is 29.9 Å².